The Kier molecular flexibility index (Phi) is 8.45. The normalized spacial score (nSPS) is 11.6. The molecular formula is C25H18F8N2O5. The van der Waals surface area contributed by atoms with Crippen molar-refractivity contribution in [2.24, 2.45) is 0 Å². The molecule has 0 aromatic heterocycles. The molecule has 0 aliphatic carbocycles. The standard InChI is InChI=1S/C25H18F8N2O5/c1-35(2)23(37)14-10-12(4-7-16(14)26)34-22(36)20-18(9-6-15(21(20)27)24(28,29)30)39-17-8-5-13(11-19(17)38-3)40-25(31,32)33/h4-11H,1-3H3,(H,34,36). The Hall–Kier alpha value is -4.56. The minimum atomic E-state index is -5.23. The van der Waals surface area contributed by atoms with E-state index in [2.05, 4.69) is 10.1 Å². The van der Waals surface area contributed by atoms with Gasteiger partial charge in [0.2, 0.25) is 0 Å². The first-order chi connectivity index (χ1) is 18.5. The molecule has 3 rings (SSSR count). The van der Waals surface area contributed by atoms with Crippen molar-refractivity contribution in [3.05, 3.63) is 76.9 Å². The zero-order valence-electron chi connectivity index (χ0n) is 20.6. The van der Waals surface area contributed by atoms with Crippen LogP contribution in [-0.2, 0) is 6.18 Å². The summed E-state index contributed by atoms with van der Waals surface area (Å²) in [5, 5.41) is 2.09. The van der Waals surface area contributed by atoms with Crippen LogP contribution in [0.15, 0.2) is 48.5 Å². The predicted molar refractivity (Wildman–Crippen MR) is 124 cm³/mol. The summed E-state index contributed by atoms with van der Waals surface area (Å²) in [5.41, 5.74) is -3.84. The molecule has 2 amide bonds. The Morgan fingerprint density at radius 2 is 1.50 bits per heavy atom. The lowest BCUT2D eigenvalue weighted by Gasteiger charge is -2.18. The molecule has 3 aromatic rings. The number of nitrogens with one attached hydrogen (secondary N) is 1. The van der Waals surface area contributed by atoms with Crippen molar-refractivity contribution in [1.29, 1.82) is 0 Å². The van der Waals surface area contributed by atoms with Gasteiger partial charge in [0.05, 0.1) is 18.2 Å². The van der Waals surface area contributed by atoms with E-state index in [1.165, 1.54) is 14.1 Å². The lowest BCUT2D eigenvalue weighted by molar-refractivity contribution is -0.274. The highest BCUT2D eigenvalue weighted by atomic mass is 19.4. The molecule has 0 aliphatic rings. The van der Waals surface area contributed by atoms with Crippen LogP contribution in [0.25, 0.3) is 0 Å². The maximum absolute atomic E-state index is 15.1. The Morgan fingerprint density at radius 3 is 2.08 bits per heavy atom. The Morgan fingerprint density at radius 1 is 0.850 bits per heavy atom. The number of methoxy groups -OCH3 is 1. The van der Waals surface area contributed by atoms with Gasteiger partial charge in [0.25, 0.3) is 11.8 Å². The Labute approximate surface area is 220 Å². The fraction of sp³-hybridized carbons (Fsp3) is 0.200. The second-order valence-electron chi connectivity index (χ2n) is 8.11. The molecular weight excluding hydrogens is 560 g/mol. The highest BCUT2D eigenvalue weighted by Gasteiger charge is 2.38. The van der Waals surface area contributed by atoms with Crippen LogP contribution >= 0.6 is 0 Å². The number of halogens is 8. The van der Waals surface area contributed by atoms with Crippen molar-refractivity contribution in [3.8, 4) is 23.0 Å². The smallest absolute Gasteiger partial charge is 0.493 e. The molecule has 0 fully saturated rings. The molecule has 7 nitrogen and oxygen atoms in total. The second kappa shape index (κ2) is 11.3. The predicted octanol–water partition coefficient (Wildman–Crippen LogP) is 6.64. The molecule has 40 heavy (non-hydrogen) atoms. The second-order valence-corrected chi connectivity index (χ2v) is 8.11. The first kappa shape index (κ1) is 30.0. The fourth-order valence-corrected chi connectivity index (χ4v) is 3.32. The van der Waals surface area contributed by atoms with Crippen molar-refractivity contribution < 1.29 is 58.9 Å². The summed E-state index contributed by atoms with van der Waals surface area (Å²) in [7, 11) is 3.68. The highest BCUT2D eigenvalue weighted by Crippen LogP contribution is 2.41. The first-order valence-electron chi connectivity index (χ1n) is 10.9. The van der Waals surface area contributed by atoms with Gasteiger partial charge in [-0.1, -0.05) is 0 Å². The fourth-order valence-electron chi connectivity index (χ4n) is 3.32. The number of carbonyl (C=O) groups is 2. The Balaban J connectivity index is 2.06. The van der Waals surface area contributed by atoms with Gasteiger partial charge >= 0.3 is 12.5 Å². The lowest BCUT2D eigenvalue weighted by atomic mass is 10.1. The summed E-state index contributed by atoms with van der Waals surface area (Å²) in [6.45, 7) is 0. The van der Waals surface area contributed by atoms with E-state index in [1.807, 2.05) is 0 Å². The summed E-state index contributed by atoms with van der Waals surface area (Å²) in [4.78, 5) is 26.2. The van der Waals surface area contributed by atoms with Gasteiger partial charge in [0.15, 0.2) is 17.3 Å². The van der Waals surface area contributed by atoms with E-state index in [0.29, 0.717) is 12.1 Å². The molecule has 0 atom stereocenters. The van der Waals surface area contributed by atoms with Gasteiger partial charge in [-0.3, -0.25) is 9.59 Å². The largest absolute Gasteiger partial charge is 0.573 e. The maximum Gasteiger partial charge on any atom is 0.573 e. The van der Waals surface area contributed by atoms with Crippen LogP contribution in [0.1, 0.15) is 26.3 Å². The van der Waals surface area contributed by atoms with E-state index < -0.39 is 75.7 Å². The highest BCUT2D eigenvalue weighted by molar-refractivity contribution is 6.07. The average Bonchev–Trinajstić information content (AvgIpc) is 2.83. The summed E-state index contributed by atoms with van der Waals surface area (Å²) >= 11 is 0. The number of anilines is 1. The van der Waals surface area contributed by atoms with Crippen LogP contribution in [0, 0.1) is 11.6 Å². The zero-order valence-corrected chi connectivity index (χ0v) is 20.6. The third-order valence-corrected chi connectivity index (χ3v) is 5.09. The summed E-state index contributed by atoms with van der Waals surface area (Å²) in [5.74, 6) is -7.60. The van der Waals surface area contributed by atoms with E-state index in [1.54, 1.807) is 0 Å². The van der Waals surface area contributed by atoms with Gasteiger partial charge in [0, 0.05) is 25.8 Å². The molecule has 0 unspecified atom stereocenters. The summed E-state index contributed by atoms with van der Waals surface area (Å²) in [6.07, 6.45) is -10.3. The Bertz CT molecular complexity index is 1440. The van der Waals surface area contributed by atoms with Crippen molar-refractivity contribution in [3.63, 3.8) is 0 Å². The number of amides is 2. The van der Waals surface area contributed by atoms with Crippen LogP contribution in [-0.4, -0.2) is 44.3 Å². The van der Waals surface area contributed by atoms with Gasteiger partial charge in [-0.15, -0.1) is 13.2 Å². The van der Waals surface area contributed by atoms with Crippen LogP contribution < -0.4 is 19.5 Å². The van der Waals surface area contributed by atoms with Crippen molar-refractivity contribution in [2.45, 2.75) is 12.5 Å². The number of alkyl halides is 6. The number of ether oxygens (including phenoxy) is 3. The van der Waals surface area contributed by atoms with Gasteiger partial charge < -0.3 is 24.4 Å². The number of nitrogens with zero attached hydrogens (tertiary/aromatic N) is 1. The van der Waals surface area contributed by atoms with Gasteiger partial charge in [-0.2, -0.15) is 13.2 Å². The first-order valence-corrected chi connectivity index (χ1v) is 10.9. The molecule has 0 heterocycles. The van der Waals surface area contributed by atoms with Crippen LogP contribution in [0.2, 0.25) is 0 Å². The molecule has 0 radical (unpaired) electrons. The number of benzene rings is 3. The molecule has 0 saturated heterocycles. The van der Waals surface area contributed by atoms with Crippen LogP contribution in [0.3, 0.4) is 0 Å². The van der Waals surface area contributed by atoms with Crippen molar-refractivity contribution in [1.82, 2.24) is 4.90 Å². The van der Waals surface area contributed by atoms with E-state index in [4.69, 9.17) is 9.47 Å². The van der Waals surface area contributed by atoms with Gasteiger partial charge in [0.1, 0.15) is 22.9 Å². The van der Waals surface area contributed by atoms with Gasteiger partial charge in [-0.25, -0.2) is 8.78 Å². The molecule has 0 saturated carbocycles. The maximum atomic E-state index is 15.1. The molecule has 0 aliphatic heterocycles. The monoisotopic (exact) mass is 578 g/mol. The van der Waals surface area contributed by atoms with Crippen LogP contribution in [0.4, 0.5) is 40.8 Å². The number of rotatable bonds is 7. The number of carbonyl (C=O) groups excluding carboxylic acids is 2. The molecule has 0 bridgehead atoms. The van der Waals surface area contributed by atoms with Crippen molar-refractivity contribution >= 4 is 17.5 Å². The molecule has 15 heteroatoms. The van der Waals surface area contributed by atoms with E-state index in [9.17, 15) is 40.3 Å². The number of hydrogen-bond acceptors (Lipinski definition) is 5. The summed E-state index contributed by atoms with van der Waals surface area (Å²) in [6, 6.07) is 6.00. The lowest BCUT2D eigenvalue weighted by Crippen LogP contribution is -2.23. The summed E-state index contributed by atoms with van der Waals surface area (Å²) < 4.78 is 121. The topological polar surface area (TPSA) is 77.1 Å². The minimum Gasteiger partial charge on any atom is -0.493 e. The van der Waals surface area contributed by atoms with Crippen molar-refractivity contribution in [2.75, 3.05) is 26.5 Å². The quantitative estimate of drug-likeness (QED) is 0.319. The van der Waals surface area contributed by atoms with Crippen LogP contribution in [0.5, 0.6) is 23.0 Å². The number of hydrogen-bond donors (Lipinski definition) is 1. The van der Waals surface area contributed by atoms with E-state index >= 15 is 4.39 Å². The molecule has 0 spiro atoms. The zero-order chi connectivity index (χ0) is 30.0. The average molecular weight is 578 g/mol. The minimum absolute atomic E-state index is 0.273. The third kappa shape index (κ3) is 6.90. The SMILES string of the molecule is COc1cc(OC(F)(F)F)ccc1Oc1ccc(C(F)(F)F)c(F)c1C(=O)Nc1ccc(F)c(C(=O)N(C)C)c1. The van der Waals surface area contributed by atoms with E-state index in [-0.39, 0.29) is 5.69 Å². The van der Waals surface area contributed by atoms with E-state index in [0.717, 1.165) is 48.4 Å². The third-order valence-electron chi connectivity index (χ3n) is 5.09. The van der Waals surface area contributed by atoms with Gasteiger partial charge in [-0.05, 0) is 42.5 Å². The molecule has 3 aromatic carbocycles. The molecule has 214 valence electrons. The molecule has 1 N–H and O–H groups in total.